The third-order valence-corrected chi connectivity index (χ3v) is 5.97. The SMILES string of the molecule is COCc1nc(-c2ccc3c(c2)CC[C@H]3NC(=O)c2cnc3n2CCCCC3)no1. The number of carbonyl (C=O) groups excluding carboxylic acids is 1. The van der Waals surface area contributed by atoms with Crippen LogP contribution in [0.3, 0.4) is 0 Å². The lowest BCUT2D eigenvalue weighted by Gasteiger charge is -2.15. The van der Waals surface area contributed by atoms with Gasteiger partial charge in [-0.15, -0.1) is 0 Å². The van der Waals surface area contributed by atoms with Crippen molar-refractivity contribution in [2.45, 2.75) is 57.7 Å². The highest BCUT2D eigenvalue weighted by Crippen LogP contribution is 2.34. The molecule has 0 saturated heterocycles. The zero-order valence-corrected chi connectivity index (χ0v) is 17.1. The smallest absolute Gasteiger partial charge is 0.270 e. The van der Waals surface area contributed by atoms with E-state index in [0.717, 1.165) is 55.6 Å². The molecule has 0 saturated carbocycles. The number of nitrogens with zero attached hydrogens (tertiary/aromatic N) is 4. The molecule has 8 nitrogen and oxygen atoms in total. The number of methoxy groups -OCH3 is 1. The number of aryl methyl sites for hydroxylation is 2. The van der Waals surface area contributed by atoms with Crippen LogP contribution in [0.1, 0.15) is 65.1 Å². The molecule has 1 aliphatic heterocycles. The van der Waals surface area contributed by atoms with Gasteiger partial charge in [0, 0.05) is 25.6 Å². The van der Waals surface area contributed by atoms with Crippen LogP contribution >= 0.6 is 0 Å². The van der Waals surface area contributed by atoms with E-state index >= 15 is 0 Å². The fraction of sp³-hybridized carbons (Fsp3) is 0.455. The molecule has 1 atom stereocenters. The average molecular weight is 407 g/mol. The highest BCUT2D eigenvalue weighted by atomic mass is 16.5. The Kier molecular flexibility index (Phi) is 5.08. The maximum atomic E-state index is 13.0. The summed E-state index contributed by atoms with van der Waals surface area (Å²) in [7, 11) is 1.59. The van der Waals surface area contributed by atoms with Crippen molar-refractivity contribution in [1.82, 2.24) is 25.0 Å². The molecule has 0 fully saturated rings. The van der Waals surface area contributed by atoms with Crippen LogP contribution in [0.2, 0.25) is 0 Å². The van der Waals surface area contributed by atoms with Crippen LogP contribution in [0.25, 0.3) is 11.4 Å². The summed E-state index contributed by atoms with van der Waals surface area (Å²) in [5.41, 5.74) is 3.95. The van der Waals surface area contributed by atoms with Gasteiger partial charge in [0.05, 0.1) is 12.2 Å². The first kappa shape index (κ1) is 19.0. The summed E-state index contributed by atoms with van der Waals surface area (Å²) in [5, 5.41) is 7.26. The number of imidazole rings is 1. The minimum atomic E-state index is -0.0417. The van der Waals surface area contributed by atoms with E-state index < -0.39 is 0 Å². The third-order valence-electron chi connectivity index (χ3n) is 5.97. The van der Waals surface area contributed by atoms with Crippen molar-refractivity contribution in [2.75, 3.05) is 7.11 Å². The Balaban J connectivity index is 1.33. The Bertz CT molecular complexity index is 1070. The molecular weight excluding hydrogens is 382 g/mol. The van der Waals surface area contributed by atoms with Crippen molar-refractivity contribution in [2.24, 2.45) is 0 Å². The lowest BCUT2D eigenvalue weighted by atomic mass is 10.0. The van der Waals surface area contributed by atoms with E-state index in [1.807, 2.05) is 6.07 Å². The minimum absolute atomic E-state index is 0.00722. The van der Waals surface area contributed by atoms with E-state index in [1.54, 1.807) is 13.3 Å². The van der Waals surface area contributed by atoms with Crippen LogP contribution in [0.15, 0.2) is 28.9 Å². The van der Waals surface area contributed by atoms with Gasteiger partial charge in [-0.25, -0.2) is 4.98 Å². The maximum absolute atomic E-state index is 13.0. The van der Waals surface area contributed by atoms with Gasteiger partial charge < -0.3 is 19.1 Å². The molecular formula is C22H25N5O3. The summed E-state index contributed by atoms with van der Waals surface area (Å²) in [6.07, 6.45) is 7.89. The molecule has 0 unspecified atom stereocenters. The lowest BCUT2D eigenvalue weighted by Crippen LogP contribution is -2.29. The van der Waals surface area contributed by atoms with Gasteiger partial charge >= 0.3 is 0 Å². The van der Waals surface area contributed by atoms with E-state index in [2.05, 4.69) is 37.1 Å². The van der Waals surface area contributed by atoms with Crippen molar-refractivity contribution in [3.05, 3.63) is 52.9 Å². The number of aromatic nitrogens is 4. The molecule has 3 heterocycles. The Morgan fingerprint density at radius 2 is 2.23 bits per heavy atom. The van der Waals surface area contributed by atoms with E-state index in [0.29, 0.717) is 24.0 Å². The van der Waals surface area contributed by atoms with Gasteiger partial charge in [0.25, 0.3) is 11.8 Å². The van der Waals surface area contributed by atoms with Crippen molar-refractivity contribution in [3.8, 4) is 11.4 Å². The van der Waals surface area contributed by atoms with Crippen molar-refractivity contribution in [1.29, 1.82) is 0 Å². The molecule has 1 aromatic carbocycles. The van der Waals surface area contributed by atoms with Crippen LogP contribution in [0, 0.1) is 0 Å². The highest BCUT2D eigenvalue weighted by molar-refractivity contribution is 5.93. The molecule has 30 heavy (non-hydrogen) atoms. The largest absolute Gasteiger partial charge is 0.375 e. The van der Waals surface area contributed by atoms with Gasteiger partial charge in [-0.05, 0) is 42.9 Å². The van der Waals surface area contributed by atoms with Crippen molar-refractivity contribution < 1.29 is 14.1 Å². The van der Waals surface area contributed by atoms with Gasteiger partial charge in [-0.2, -0.15) is 4.98 Å². The second kappa shape index (κ2) is 8.02. The molecule has 156 valence electrons. The summed E-state index contributed by atoms with van der Waals surface area (Å²) in [4.78, 5) is 21.8. The number of nitrogens with one attached hydrogen (secondary N) is 1. The lowest BCUT2D eigenvalue weighted by molar-refractivity contribution is 0.0927. The number of fused-ring (bicyclic) bond motifs is 2. The molecule has 1 amide bonds. The summed E-state index contributed by atoms with van der Waals surface area (Å²) < 4.78 is 12.3. The van der Waals surface area contributed by atoms with E-state index in [4.69, 9.17) is 9.26 Å². The molecule has 1 N–H and O–H groups in total. The molecule has 1 aliphatic carbocycles. The topological polar surface area (TPSA) is 95.1 Å². The van der Waals surface area contributed by atoms with Gasteiger partial charge in [0.2, 0.25) is 5.82 Å². The van der Waals surface area contributed by atoms with Gasteiger partial charge in [0.1, 0.15) is 18.1 Å². The van der Waals surface area contributed by atoms with Crippen molar-refractivity contribution in [3.63, 3.8) is 0 Å². The second-order valence-electron chi connectivity index (χ2n) is 7.95. The van der Waals surface area contributed by atoms with Crippen molar-refractivity contribution >= 4 is 5.91 Å². The Morgan fingerprint density at radius 1 is 1.30 bits per heavy atom. The van der Waals surface area contributed by atoms with E-state index in [9.17, 15) is 4.79 Å². The monoisotopic (exact) mass is 407 g/mol. The summed E-state index contributed by atoms with van der Waals surface area (Å²) >= 11 is 0. The average Bonchev–Trinajstić information content (AvgIpc) is 3.44. The van der Waals surface area contributed by atoms with E-state index in [-0.39, 0.29) is 11.9 Å². The first-order chi connectivity index (χ1) is 14.7. The van der Waals surface area contributed by atoms with Gasteiger partial charge in [-0.3, -0.25) is 4.79 Å². The summed E-state index contributed by atoms with van der Waals surface area (Å²) in [5.74, 6) is 2.00. The minimum Gasteiger partial charge on any atom is -0.375 e. The Morgan fingerprint density at radius 3 is 3.13 bits per heavy atom. The van der Waals surface area contributed by atoms with Crippen LogP contribution in [0.5, 0.6) is 0 Å². The highest BCUT2D eigenvalue weighted by Gasteiger charge is 2.27. The summed E-state index contributed by atoms with van der Waals surface area (Å²) in [6.45, 7) is 1.17. The predicted octanol–water partition coefficient (Wildman–Crippen LogP) is 3.22. The third kappa shape index (κ3) is 3.52. The molecule has 8 heteroatoms. The molecule has 2 aromatic heterocycles. The standard InChI is InChI=1S/C22H25N5O3/c1-29-13-20-25-21(26-30-20)15-6-8-16-14(11-15)7-9-17(16)24-22(28)18-12-23-19-5-3-2-4-10-27(18)19/h6,8,11-12,17H,2-5,7,9-10,13H2,1H3,(H,24,28)/t17-/m1/s1. The molecule has 2 aliphatic rings. The number of hydrogen-bond donors (Lipinski definition) is 1. The van der Waals surface area contributed by atoms with Crippen LogP contribution in [0.4, 0.5) is 0 Å². The summed E-state index contributed by atoms with van der Waals surface area (Å²) in [6, 6.07) is 6.14. The fourth-order valence-electron chi connectivity index (χ4n) is 4.47. The first-order valence-corrected chi connectivity index (χ1v) is 10.5. The normalized spacial score (nSPS) is 18.0. The van der Waals surface area contributed by atoms with E-state index in [1.165, 1.54) is 12.0 Å². The quantitative estimate of drug-likeness (QED) is 0.698. The fourth-order valence-corrected chi connectivity index (χ4v) is 4.47. The number of rotatable bonds is 5. The van der Waals surface area contributed by atoms with Crippen LogP contribution < -0.4 is 5.32 Å². The Hall–Kier alpha value is -3.00. The van der Waals surface area contributed by atoms with Crippen LogP contribution in [-0.2, 0) is 30.7 Å². The second-order valence-corrected chi connectivity index (χ2v) is 7.95. The van der Waals surface area contributed by atoms with Crippen LogP contribution in [-0.4, -0.2) is 32.7 Å². The molecule has 3 aromatic rings. The molecule has 0 bridgehead atoms. The maximum Gasteiger partial charge on any atom is 0.270 e. The molecule has 5 rings (SSSR count). The molecule has 0 spiro atoms. The van der Waals surface area contributed by atoms with Gasteiger partial charge in [0.15, 0.2) is 0 Å². The van der Waals surface area contributed by atoms with Gasteiger partial charge in [-0.1, -0.05) is 23.7 Å². The number of carbonyl (C=O) groups is 1. The molecule has 0 radical (unpaired) electrons. The zero-order chi connectivity index (χ0) is 20.5. The predicted molar refractivity (Wildman–Crippen MR) is 109 cm³/mol. The number of ether oxygens (including phenoxy) is 1. The first-order valence-electron chi connectivity index (χ1n) is 10.5. The number of hydrogen-bond acceptors (Lipinski definition) is 6. The number of benzene rings is 1. The zero-order valence-electron chi connectivity index (χ0n) is 17.1. The number of amides is 1. The Labute approximate surface area is 174 Å².